The molecule has 0 aliphatic heterocycles. The van der Waals surface area contributed by atoms with Crippen LogP contribution in [0.2, 0.25) is 0 Å². The summed E-state index contributed by atoms with van der Waals surface area (Å²) in [6, 6.07) is 6.31. The first kappa shape index (κ1) is 18.2. The van der Waals surface area contributed by atoms with Crippen molar-refractivity contribution in [2.24, 2.45) is 5.41 Å². The maximum atomic E-state index is 10.1. The number of rotatable bonds is 6. The predicted octanol–water partition coefficient (Wildman–Crippen LogP) is 2.61. The van der Waals surface area contributed by atoms with Crippen LogP contribution in [0.5, 0.6) is 0 Å². The van der Waals surface area contributed by atoms with Gasteiger partial charge >= 0.3 is 0 Å². The number of nitrogens with zero attached hydrogens (tertiary/aromatic N) is 4. The second kappa shape index (κ2) is 7.75. The molecule has 7 nitrogen and oxygen atoms in total. The van der Waals surface area contributed by atoms with Crippen molar-refractivity contribution in [1.82, 2.24) is 14.5 Å². The minimum atomic E-state index is -0.285. The minimum absolute atomic E-state index is 0.145. The summed E-state index contributed by atoms with van der Waals surface area (Å²) in [4.78, 5) is 8.72. The maximum absolute atomic E-state index is 10.1. The summed E-state index contributed by atoms with van der Waals surface area (Å²) in [5.41, 5.74) is 0.290. The van der Waals surface area contributed by atoms with Crippen molar-refractivity contribution in [3.8, 4) is 6.07 Å². The SMILES string of the molecule is CC1(C)C[C@H](Nc2nc(NCCn3cccc3)ncc2C#N)CC[C@@H]1O. The van der Waals surface area contributed by atoms with E-state index in [0.717, 1.165) is 25.8 Å². The Balaban J connectivity index is 1.65. The second-order valence-electron chi connectivity index (χ2n) is 7.54. The molecule has 1 aliphatic rings. The van der Waals surface area contributed by atoms with Gasteiger partial charge in [0.2, 0.25) is 5.95 Å². The highest BCUT2D eigenvalue weighted by Crippen LogP contribution is 2.36. The van der Waals surface area contributed by atoms with Gasteiger partial charge in [-0.1, -0.05) is 13.8 Å². The molecule has 0 unspecified atom stereocenters. The fraction of sp³-hybridized carbons (Fsp3) is 0.526. The zero-order valence-electron chi connectivity index (χ0n) is 15.3. The van der Waals surface area contributed by atoms with E-state index in [1.54, 1.807) is 6.20 Å². The van der Waals surface area contributed by atoms with Crippen LogP contribution in [0, 0.1) is 16.7 Å². The molecule has 1 aliphatic carbocycles. The van der Waals surface area contributed by atoms with Crippen LogP contribution in [0.3, 0.4) is 0 Å². The maximum Gasteiger partial charge on any atom is 0.224 e. The normalized spacial score (nSPS) is 21.8. The van der Waals surface area contributed by atoms with Crippen molar-refractivity contribution in [2.75, 3.05) is 17.2 Å². The Morgan fingerprint density at radius 3 is 2.81 bits per heavy atom. The molecule has 2 heterocycles. The number of nitrogens with one attached hydrogen (secondary N) is 2. The first-order chi connectivity index (χ1) is 12.5. The third-order valence-electron chi connectivity index (χ3n) is 5.03. The van der Waals surface area contributed by atoms with Gasteiger partial charge in [0, 0.05) is 31.5 Å². The summed E-state index contributed by atoms with van der Waals surface area (Å²) in [5.74, 6) is 1.07. The number of anilines is 2. The van der Waals surface area contributed by atoms with Crippen LogP contribution in [0.25, 0.3) is 0 Å². The van der Waals surface area contributed by atoms with E-state index in [1.165, 1.54) is 0 Å². The van der Waals surface area contributed by atoms with Gasteiger partial charge in [0.05, 0.1) is 12.3 Å². The van der Waals surface area contributed by atoms with Crippen LogP contribution in [0.4, 0.5) is 11.8 Å². The molecule has 3 rings (SSSR count). The van der Waals surface area contributed by atoms with Crippen LogP contribution in [0.1, 0.15) is 38.7 Å². The van der Waals surface area contributed by atoms with Gasteiger partial charge in [0.25, 0.3) is 0 Å². The van der Waals surface area contributed by atoms with Crippen molar-refractivity contribution in [1.29, 1.82) is 5.26 Å². The van der Waals surface area contributed by atoms with Crippen molar-refractivity contribution in [2.45, 2.75) is 51.8 Å². The van der Waals surface area contributed by atoms with Gasteiger partial charge in [-0.15, -0.1) is 0 Å². The molecule has 0 radical (unpaired) electrons. The fourth-order valence-corrected chi connectivity index (χ4v) is 3.41. The molecule has 0 spiro atoms. The first-order valence-electron chi connectivity index (χ1n) is 9.04. The molecule has 1 saturated carbocycles. The quantitative estimate of drug-likeness (QED) is 0.737. The Hall–Kier alpha value is -2.59. The average molecular weight is 354 g/mol. The first-order valence-corrected chi connectivity index (χ1v) is 9.04. The highest BCUT2D eigenvalue weighted by Gasteiger charge is 2.35. The van der Waals surface area contributed by atoms with Crippen LogP contribution in [0.15, 0.2) is 30.7 Å². The Morgan fingerprint density at radius 1 is 1.35 bits per heavy atom. The van der Waals surface area contributed by atoms with Gasteiger partial charge in [-0.2, -0.15) is 10.2 Å². The lowest BCUT2D eigenvalue weighted by Crippen LogP contribution is -2.41. The minimum Gasteiger partial charge on any atom is -0.393 e. The number of aromatic nitrogens is 3. The van der Waals surface area contributed by atoms with Gasteiger partial charge in [-0.3, -0.25) is 0 Å². The molecule has 0 bridgehead atoms. The van der Waals surface area contributed by atoms with Crippen LogP contribution >= 0.6 is 0 Å². The lowest BCUT2D eigenvalue weighted by atomic mass is 9.73. The molecular formula is C19H26N6O. The molecule has 2 aromatic rings. The monoisotopic (exact) mass is 354 g/mol. The molecule has 1 fully saturated rings. The van der Waals surface area contributed by atoms with Crippen molar-refractivity contribution >= 4 is 11.8 Å². The molecule has 0 amide bonds. The summed E-state index contributed by atoms with van der Waals surface area (Å²) in [6.07, 6.45) is 7.72. The topological polar surface area (TPSA) is 98.8 Å². The van der Waals surface area contributed by atoms with E-state index in [-0.39, 0.29) is 17.6 Å². The van der Waals surface area contributed by atoms with Crippen molar-refractivity contribution < 1.29 is 5.11 Å². The highest BCUT2D eigenvalue weighted by molar-refractivity contribution is 5.54. The van der Waals surface area contributed by atoms with E-state index in [1.807, 2.05) is 24.5 Å². The molecular weight excluding hydrogens is 328 g/mol. The zero-order chi connectivity index (χ0) is 18.6. The second-order valence-corrected chi connectivity index (χ2v) is 7.54. The van der Waals surface area contributed by atoms with Gasteiger partial charge in [-0.05, 0) is 36.8 Å². The van der Waals surface area contributed by atoms with Gasteiger partial charge in [-0.25, -0.2) is 4.98 Å². The smallest absolute Gasteiger partial charge is 0.224 e. The molecule has 0 aromatic carbocycles. The predicted molar refractivity (Wildman–Crippen MR) is 101 cm³/mol. The Bertz CT molecular complexity index is 765. The lowest BCUT2D eigenvalue weighted by Gasteiger charge is -2.40. The number of hydrogen-bond donors (Lipinski definition) is 3. The molecule has 2 aromatic heterocycles. The van der Waals surface area contributed by atoms with Gasteiger partial charge < -0.3 is 20.3 Å². The molecule has 2 atom stereocenters. The summed E-state index contributed by atoms with van der Waals surface area (Å²) >= 11 is 0. The number of hydrogen-bond acceptors (Lipinski definition) is 6. The summed E-state index contributed by atoms with van der Waals surface area (Å²) in [7, 11) is 0. The van der Waals surface area contributed by atoms with E-state index in [4.69, 9.17) is 0 Å². The molecule has 7 heteroatoms. The Morgan fingerprint density at radius 2 is 2.12 bits per heavy atom. The number of aliphatic hydroxyl groups is 1. The highest BCUT2D eigenvalue weighted by atomic mass is 16.3. The summed E-state index contributed by atoms with van der Waals surface area (Å²) < 4.78 is 2.07. The molecule has 3 N–H and O–H groups in total. The van der Waals surface area contributed by atoms with E-state index in [2.05, 4.69) is 45.1 Å². The van der Waals surface area contributed by atoms with Crippen molar-refractivity contribution in [3.63, 3.8) is 0 Å². The lowest BCUT2D eigenvalue weighted by molar-refractivity contribution is 0.00926. The third kappa shape index (κ3) is 4.33. The Kier molecular flexibility index (Phi) is 5.43. The Labute approximate surface area is 154 Å². The summed E-state index contributed by atoms with van der Waals surface area (Å²) in [5, 5.41) is 26.1. The molecule has 26 heavy (non-hydrogen) atoms. The van der Waals surface area contributed by atoms with E-state index < -0.39 is 0 Å². The summed E-state index contributed by atoms with van der Waals surface area (Å²) in [6.45, 7) is 5.66. The van der Waals surface area contributed by atoms with E-state index in [9.17, 15) is 10.4 Å². The van der Waals surface area contributed by atoms with E-state index >= 15 is 0 Å². The molecule has 0 saturated heterocycles. The van der Waals surface area contributed by atoms with Crippen LogP contribution < -0.4 is 10.6 Å². The van der Waals surface area contributed by atoms with Crippen LogP contribution in [-0.4, -0.2) is 38.3 Å². The zero-order valence-corrected chi connectivity index (χ0v) is 15.3. The van der Waals surface area contributed by atoms with Crippen LogP contribution in [-0.2, 0) is 6.54 Å². The molecule has 138 valence electrons. The standard InChI is InChI=1S/C19H26N6O/c1-19(2)11-15(5-6-16(19)26)23-17-14(12-20)13-22-18(24-17)21-7-10-25-8-3-4-9-25/h3-4,8-9,13,15-16,26H,5-7,10-11H2,1-2H3,(H2,21,22,23,24)/t15-,16+/m1/s1. The fourth-order valence-electron chi connectivity index (χ4n) is 3.41. The largest absolute Gasteiger partial charge is 0.393 e. The number of aliphatic hydroxyl groups excluding tert-OH is 1. The van der Waals surface area contributed by atoms with Gasteiger partial charge in [0.1, 0.15) is 17.5 Å². The average Bonchev–Trinajstić information content (AvgIpc) is 3.12. The van der Waals surface area contributed by atoms with Crippen molar-refractivity contribution in [3.05, 3.63) is 36.3 Å². The third-order valence-corrected chi connectivity index (χ3v) is 5.03. The van der Waals surface area contributed by atoms with E-state index in [0.29, 0.717) is 23.9 Å². The number of nitriles is 1. The van der Waals surface area contributed by atoms with Gasteiger partial charge in [0.15, 0.2) is 0 Å².